The molecule has 0 N–H and O–H groups in total. The van der Waals surface area contributed by atoms with Crippen LogP contribution >= 0.6 is 0 Å². The first-order valence-corrected chi connectivity index (χ1v) is 9.08. The van der Waals surface area contributed by atoms with E-state index in [1.807, 2.05) is 0 Å². The van der Waals surface area contributed by atoms with Gasteiger partial charge >= 0.3 is 6.18 Å². The fraction of sp³-hybridized carbons (Fsp3) is 0.368. The number of piperidine rings is 1. The zero-order chi connectivity index (χ0) is 20.6. The molecule has 1 saturated heterocycles. The van der Waals surface area contributed by atoms with E-state index in [1.165, 1.54) is 7.11 Å². The molecule has 1 amide bonds. The molecule has 3 heterocycles. The van der Waals surface area contributed by atoms with Crippen molar-refractivity contribution in [2.24, 2.45) is 0 Å². The largest absolute Gasteiger partial charge is 0.496 e. The lowest BCUT2D eigenvalue weighted by Crippen LogP contribution is -2.38. The summed E-state index contributed by atoms with van der Waals surface area (Å²) < 4.78 is 46.1. The van der Waals surface area contributed by atoms with E-state index in [4.69, 9.17) is 4.74 Å². The summed E-state index contributed by atoms with van der Waals surface area (Å²) in [5.74, 6) is 0.0630. The molecule has 0 aliphatic carbocycles. The number of alkyl halides is 3. The molecule has 1 aliphatic heterocycles. The van der Waals surface area contributed by atoms with Crippen molar-refractivity contribution in [2.45, 2.75) is 24.9 Å². The van der Waals surface area contributed by atoms with Crippen LogP contribution in [0, 0.1) is 0 Å². The second-order valence-corrected chi connectivity index (χ2v) is 6.80. The van der Waals surface area contributed by atoms with Gasteiger partial charge in [-0.2, -0.15) is 27.8 Å². The number of para-hydroxylation sites is 1. The minimum absolute atomic E-state index is 0.0812. The van der Waals surface area contributed by atoms with Crippen LogP contribution in [0.4, 0.5) is 13.2 Å². The molecule has 1 fully saturated rings. The molecule has 0 bridgehead atoms. The van der Waals surface area contributed by atoms with Gasteiger partial charge in [-0.25, -0.2) is 4.98 Å². The number of ether oxygens (including phenoxy) is 1. The highest BCUT2D eigenvalue weighted by atomic mass is 19.4. The molecule has 29 heavy (non-hydrogen) atoms. The normalized spacial score (nSPS) is 15.7. The smallest absolute Gasteiger partial charge is 0.433 e. The van der Waals surface area contributed by atoms with Crippen LogP contribution in [-0.4, -0.2) is 50.6 Å². The number of carbonyl (C=O) groups excluding carboxylic acids is 1. The number of likely N-dealkylation sites (tertiary alicyclic amines) is 1. The average Bonchev–Trinajstić information content (AvgIpc) is 3.20. The van der Waals surface area contributed by atoms with Crippen molar-refractivity contribution in [3.05, 3.63) is 53.6 Å². The fourth-order valence-corrected chi connectivity index (χ4v) is 3.61. The molecule has 0 saturated carbocycles. The Morgan fingerprint density at radius 3 is 2.62 bits per heavy atom. The Kier molecular flexibility index (Phi) is 4.85. The number of benzene rings is 1. The highest BCUT2D eigenvalue weighted by molar-refractivity contribution is 5.97. The topological polar surface area (TPSA) is 72.6 Å². The molecule has 3 aromatic rings. The van der Waals surface area contributed by atoms with Crippen molar-refractivity contribution < 1.29 is 22.7 Å². The quantitative estimate of drug-likeness (QED) is 0.669. The molecular formula is C19H18F3N5O2. The van der Waals surface area contributed by atoms with Crippen LogP contribution < -0.4 is 4.74 Å². The predicted molar refractivity (Wildman–Crippen MR) is 96.7 cm³/mol. The van der Waals surface area contributed by atoms with Gasteiger partial charge in [0.05, 0.1) is 12.7 Å². The van der Waals surface area contributed by atoms with Crippen LogP contribution in [0.25, 0.3) is 5.78 Å². The van der Waals surface area contributed by atoms with E-state index < -0.39 is 11.9 Å². The van der Waals surface area contributed by atoms with Gasteiger partial charge in [-0.15, -0.1) is 0 Å². The Morgan fingerprint density at radius 1 is 1.21 bits per heavy atom. The van der Waals surface area contributed by atoms with E-state index in [0.717, 1.165) is 12.4 Å². The number of fused-ring (bicyclic) bond motifs is 1. The average molecular weight is 405 g/mol. The molecule has 0 unspecified atom stereocenters. The monoisotopic (exact) mass is 405 g/mol. The first-order chi connectivity index (χ1) is 13.9. The van der Waals surface area contributed by atoms with Crippen molar-refractivity contribution in [2.75, 3.05) is 20.2 Å². The van der Waals surface area contributed by atoms with Crippen LogP contribution in [0.2, 0.25) is 0 Å². The second-order valence-electron chi connectivity index (χ2n) is 6.80. The summed E-state index contributed by atoms with van der Waals surface area (Å²) in [7, 11) is 1.50. The maximum Gasteiger partial charge on any atom is 0.433 e. The number of nitrogens with zero attached hydrogens (tertiary/aromatic N) is 5. The summed E-state index contributed by atoms with van der Waals surface area (Å²) in [6, 6.07) is 8.00. The summed E-state index contributed by atoms with van der Waals surface area (Å²) in [5, 5.41) is 3.61. The number of carbonyl (C=O) groups is 1. The van der Waals surface area contributed by atoms with E-state index >= 15 is 0 Å². The minimum atomic E-state index is -4.57. The molecule has 1 aromatic carbocycles. The number of rotatable bonds is 3. The van der Waals surface area contributed by atoms with Gasteiger partial charge in [-0.1, -0.05) is 12.1 Å². The van der Waals surface area contributed by atoms with Crippen molar-refractivity contribution >= 4 is 11.7 Å². The summed E-state index contributed by atoms with van der Waals surface area (Å²) in [6.45, 7) is 0.838. The van der Waals surface area contributed by atoms with Gasteiger partial charge in [0.25, 0.3) is 11.7 Å². The maximum absolute atomic E-state index is 13.4. The fourth-order valence-electron chi connectivity index (χ4n) is 3.61. The Hall–Kier alpha value is -3.17. The molecule has 4 rings (SSSR count). The number of hydrogen-bond donors (Lipinski definition) is 0. The molecular weight excluding hydrogens is 387 g/mol. The van der Waals surface area contributed by atoms with E-state index in [9.17, 15) is 18.0 Å². The molecule has 1 aliphatic rings. The molecule has 0 radical (unpaired) electrons. The van der Waals surface area contributed by atoms with Crippen molar-refractivity contribution in [1.29, 1.82) is 0 Å². The highest BCUT2D eigenvalue weighted by Gasteiger charge is 2.36. The maximum atomic E-state index is 13.4. The van der Waals surface area contributed by atoms with Crippen LogP contribution in [0.5, 0.6) is 5.75 Å². The lowest BCUT2D eigenvalue weighted by molar-refractivity contribution is -0.142. The van der Waals surface area contributed by atoms with Gasteiger partial charge in [-0.3, -0.25) is 4.79 Å². The number of aromatic nitrogens is 4. The summed E-state index contributed by atoms with van der Waals surface area (Å²) in [4.78, 5) is 22.6. The van der Waals surface area contributed by atoms with Gasteiger partial charge < -0.3 is 9.64 Å². The Bertz CT molecular complexity index is 1040. The molecule has 0 atom stereocenters. The third-order valence-electron chi connectivity index (χ3n) is 5.10. The van der Waals surface area contributed by atoms with Crippen molar-refractivity contribution in [3.63, 3.8) is 0 Å². The Labute approximate surface area is 164 Å². The highest BCUT2D eigenvalue weighted by Crippen LogP contribution is 2.34. The SMILES string of the molecule is COc1ccccc1C(=O)N1CCC(c2cc(C(F)(F)F)n3ncnc3n2)CC1. The first kappa shape index (κ1) is 19.2. The second kappa shape index (κ2) is 7.34. The molecule has 152 valence electrons. The summed E-state index contributed by atoms with van der Waals surface area (Å²) in [6.07, 6.45) is -2.50. The standard InChI is InChI=1S/C19H18F3N5O2/c1-29-15-5-3-2-4-13(15)17(28)26-8-6-12(7-9-26)14-10-16(19(20,21)22)27-18(25-14)23-11-24-27/h2-5,10-12H,6-9H2,1H3. The predicted octanol–water partition coefficient (Wildman–Crippen LogP) is 3.17. The van der Waals surface area contributed by atoms with Gasteiger partial charge in [0.1, 0.15) is 12.1 Å². The Balaban J connectivity index is 1.54. The zero-order valence-electron chi connectivity index (χ0n) is 15.6. The van der Waals surface area contributed by atoms with Gasteiger partial charge in [0.2, 0.25) is 0 Å². The lowest BCUT2D eigenvalue weighted by atomic mass is 9.92. The van der Waals surface area contributed by atoms with E-state index in [0.29, 0.717) is 47.5 Å². The van der Waals surface area contributed by atoms with Crippen LogP contribution in [-0.2, 0) is 6.18 Å². The van der Waals surface area contributed by atoms with Gasteiger partial charge in [0.15, 0.2) is 5.69 Å². The molecule has 0 spiro atoms. The first-order valence-electron chi connectivity index (χ1n) is 9.08. The van der Waals surface area contributed by atoms with E-state index in [1.54, 1.807) is 29.2 Å². The van der Waals surface area contributed by atoms with Crippen molar-refractivity contribution in [1.82, 2.24) is 24.5 Å². The van der Waals surface area contributed by atoms with Crippen LogP contribution in [0.3, 0.4) is 0 Å². The van der Waals surface area contributed by atoms with Crippen molar-refractivity contribution in [3.8, 4) is 5.75 Å². The zero-order valence-corrected chi connectivity index (χ0v) is 15.6. The van der Waals surface area contributed by atoms with E-state index in [2.05, 4.69) is 15.1 Å². The number of methoxy groups -OCH3 is 1. The van der Waals surface area contributed by atoms with Gasteiger partial charge in [0, 0.05) is 24.7 Å². The van der Waals surface area contributed by atoms with Crippen LogP contribution in [0.1, 0.15) is 40.5 Å². The molecule has 7 nitrogen and oxygen atoms in total. The van der Waals surface area contributed by atoms with Crippen LogP contribution in [0.15, 0.2) is 36.7 Å². The summed E-state index contributed by atoms with van der Waals surface area (Å²) in [5.41, 5.74) is -0.111. The van der Waals surface area contributed by atoms with Gasteiger partial charge in [-0.05, 0) is 31.0 Å². The van der Waals surface area contributed by atoms with E-state index in [-0.39, 0.29) is 17.6 Å². The number of halogens is 3. The third kappa shape index (κ3) is 3.62. The molecule has 2 aromatic heterocycles. The number of amides is 1. The molecule has 10 heteroatoms. The Morgan fingerprint density at radius 2 is 1.93 bits per heavy atom. The summed E-state index contributed by atoms with van der Waals surface area (Å²) >= 11 is 0. The number of hydrogen-bond acceptors (Lipinski definition) is 5. The lowest BCUT2D eigenvalue weighted by Gasteiger charge is -2.32. The minimum Gasteiger partial charge on any atom is -0.496 e. The third-order valence-corrected chi connectivity index (χ3v) is 5.10.